The first kappa shape index (κ1) is 7.68. The molecule has 1 heterocycles. The third-order valence-corrected chi connectivity index (χ3v) is 2.61. The zero-order chi connectivity index (χ0) is 7.84. The van der Waals surface area contributed by atoms with Crippen LogP contribution in [0.25, 0.3) is 0 Å². The number of hydrogen-bond acceptors (Lipinski definition) is 1. The Morgan fingerprint density at radius 2 is 2.27 bits per heavy atom. The Balaban J connectivity index is 2.60. The van der Waals surface area contributed by atoms with Crippen LogP contribution >= 0.6 is 34.2 Å². The van der Waals surface area contributed by atoms with Crippen LogP contribution < -0.4 is 4.74 Å². The number of ether oxygens (including phenoxy) is 1. The molecule has 0 saturated carbocycles. The molecule has 0 saturated heterocycles. The van der Waals surface area contributed by atoms with Crippen LogP contribution in [0.2, 0.25) is 5.02 Å². The molecule has 0 fully saturated rings. The van der Waals surface area contributed by atoms with Crippen LogP contribution in [0.1, 0.15) is 5.56 Å². The average Bonchev–Trinajstić information content (AvgIpc) is 2.34. The van der Waals surface area contributed by atoms with Gasteiger partial charge in [-0.1, -0.05) is 11.6 Å². The second-order valence-electron chi connectivity index (χ2n) is 2.47. The summed E-state index contributed by atoms with van der Waals surface area (Å²) in [6.07, 6.45) is 0.992. The van der Waals surface area contributed by atoms with Gasteiger partial charge in [0.25, 0.3) is 0 Å². The van der Waals surface area contributed by atoms with E-state index in [1.165, 1.54) is 9.13 Å². The highest BCUT2D eigenvalue weighted by molar-refractivity contribution is 14.1. The number of hydrogen-bond donors (Lipinski definition) is 0. The Morgan fingerprint density at radius 3 is 3.09 bits per heavy atom. The zero-order valence-electron chi connectivity index (χ0n) is 5.73. The molecule has 2 rings (SSSR count). The summed E-state index contributed by atoms with van der Waals surface area (Å²) in [5, 5.41) is 0.740. The third-order valence-electron chi connectivity index (χ3n) is 1.70. The molecule has 1 aromatic rings. The lowest BCUT2D eigenvalue weighted by Gasteiger charge is -2.01. The molecule has 0 atom stereocenters. The van der Waals surface area contributed by atoms with E-state index in [9.17, 15) is 0 Å². The number of fused-ring (bicyclic) bond motifs is 1. The van der Waals surface area contributed by atoms with Gasteiger partial charge in [-0.15, -0.1) is 0 Å². The first-order valence-electron chi connectivity index (χ1n) is 3.38. The van der Waals surface area contributed by atoms with E-state index >= 15 is 0 Å². The molecule has 1 nitrogen and oxygen atoms in total. The SMILES string of the molecule is Clc1cc(I)cc2c1OCC2. The molecule has 0 radical (unpaired) electrons. The molecular formula is C8H6ClIO. The van der Waals surface area contributed by atoms with Crippen molar-refractivity contribution >= 4 is 34.2 Å². The number of benzene rings is 1. The van der Waals surface area contributed by atoms with Crippen molar-refractivity contribution in [1.82, 2.24) is 0 Å². The van der Waals surface area contributed by atoms with Crippen LogP contribution in [0.5, 0.6) is 5.75 Å². The van der Waals surface area contributed by atoms with Crippen molar-refractivity contribution in [1.29, 1.82) is 0 Å². The van der Waals surface area contributed by atoms with Gasteiger partial charge in [0.15, 0.2) is 0 Å². The largest absolute Gasteiger partial charge is 0.491 e. The molecule has 1 aliphatic rings. The molecule has 0 unspecified atom stereocenters. The van der Waals surface area contributed by atoms with E-state index in [4.69, 9.17) is 16.3 Å². The van der Waals surface area contributed by atoms with Crippen molar-refractivity contribution in [2.75, 3.05) is 6.61 Å². The zero-order valence-corrected chi connectivity index (χ0v) is 8.65. The van der Waals surface area contributed by atoms with Gasteiger partial charge in [-0.25, -0.2) is 0 Å². The number of rotatable bonds is 0. The van der Waals surface area contributed by atoms with E-state index < -0.39 is 0 Å². The summed E-state index contributed by atoms with van der Waals surface area (Å²) < 4.78 is 6.53. The van der Waals surface area contributed by atoms with Crippen LogP contribution in [0.4, 0.5) is 0 Å². The van der Waals surface area contributed by atoms with Crippen LogP contribution in [0, 0.1) is 3.57 Å². The fourth-order valence-electron chi connectivity index (χ4n) is 1.22. The van der Waals surface area contributed by atoms with Crippen molar-refractivity contribution in [2.45, 2.75) is 6.42 Å². The Bertz CT molecular complexity index is 298. The summed E-state index contributed by atoms with van der Waals surface area (Å²) in [5.74, 6) is 0.882. The minimum Gasteiger partial charge on any atom is -0.491 e. The van der Waals surface area contributed by atoms with E-state index in [0.717, 1.165) is 23.8 Å². The van der Waals surface area contributed by atoms with Crippen LogP contribution in [0.15, 0.2) is 12.1 Å². The Kier molecular flexibility index (Phi) is 1.97. The molecule has 0 aromatic heterocycles. The van der Waals surface area contributed by atoms with Crippen molar-refractivity contribution in [3.63, 3.8) is 0 Å². The highest BCUT2D eigenvalue weighted by Gasteiger charge is 2.15. The lowest BCUT2D eigenvalue weighted by Crippen LogP contribution is -1.86. The van der Waals surface area contributed by atoms with E-state index in [1.54, 1.807) is 0 Å². The van der Waals surface area contributed by atoms with Crippen molar-refractivity contribution < 1.29 is 4.74 Å². The normalized spacial score (nSPS) is 14.4. The van der Waals surface area contributed by atoms with E-state index in [0.29, 0.717) is 0 Å². The molecule has 0 bridgehead atoms. The van der Waals surface area contributed by atoms with Gasteiger partial charge in [0.2, 0.25) is 0 Å². The predicted octanol–water partition coefficient (Wildman–Crippen LogP) is 2.88. The van der Waals surface area contributed by atoms with Crippen LogP contribution in [0.3, 0.4) is 0 Å². The molecule has 58 valence electrons. The van der Waals surface area contributed by atoms with Gasteiger partial charge in [0.1, 0.15) is 5.75 Å². The molecule has 3 heteroatoms. The fraction of sp³-hybridized carbons (Fsp3) is 0.250. The van der Waals surface area contributed by atoms with Gasteiger partial charge < -0.3 is 4.74 Å². The second-order valence-corrected chi connectivity index (χ2v) is 4.13. The first-order chi connectivity index (χ1) is 5.27. The summed E-state index contributed by atoms with van der Waals surface area (Å²) in [4.78, 5) is 0. The maximum atomic E-state index is 5.95. The molecule has 0 aliphatic carbocycles. The highest BCUT2D eigenvalue weighted by Crippen LogP contribution is 2.34. The topological polar surface area (TPSA) is 9.23 Å². The lowest BCUT2D eigenvalue weighted by molar-refractivity contribution is 0.357. The maximum Gasteiger partial charge on any atom is 0.141 e. The lowest BCUT2D eigenvalue weighted by atomic mass is 10.2. The van der Waals surface area contributed by atoms with Gasteiger partial charge in [-0.2, -0.15) is 0 Å². The first-order valence-corrected chi connectivity index (χ1v) is 4.84. The molecule has 0 spiro atoms. The summed E-state index contributed by atoms with van der Waals surface area (Å²) in [7, 11) is 0. The molecule has 11 heavy (non-hydrogen) atoms. The minimum absolute atomic E-state index is 0.740. The summed E-state index contributed by atoms with van der Waals surface area (Å²) in [6, 6.07) is 4.04. The van der Waals surface area contributed by atoms with Gasteiger partial charge >= 0.3 is 0 Å². The molecule has 0 N–H and O–H groups in total. The summed E-state index contributed by atoms with van der Waals surface area (Å²) in [6.45, 7) is 0.773. The van der Waals surface area contributed by atoms with Crippen LogP contribution in [-0.4, -0.2) is 6.61 Å². The standard InChI is InChI=1S/C8H6ClIO/c9-7-4-6(10)3-5-1-2-11-8(5)7/h3-4H,1-2H2. The second kappa shape index (κ2) is 2.83. The number of halogens is 2. The molecular weight excluding hydrogens is 274 g/mol. The molecule has 1 aliphatic heterocycles. The Hall–Kier alpha value is 0.0400. The fourth-order valence-corrected chi connectivity index (χ4v) is 2.39. The summed E-state index contributed by atoms with van der Waals surface area (Å²) >= 11 is 8.20. The monoisotopic (exact) mass is 280 g/mol. The van der Waals surface area contributed by atoms with Crippen LogP contribution in [-0.2, 0) is 6.42 Å². The van der Waals surface area contributed by atoms with Gasteiger partial charge in [-0.3, -0.25) is 0 Å². The van der Waals surface area contributed by atoms with Crippen molar-refractivity contribution in [2.24, 2.45) is 0 Å². The Labute approximate surface area is 83.8 Å². The molecule has 0 amide bonds. The highest BCUT2D eigenvalue weighted by atomic mass is 127. The van der Waals surface area contributed by atoms with E-state index in [-0.39, 0.29) is 0 Å². The third kappa shape index (κ3) is 1.34. The predicted molar refractivity (Wildman–Crippen MR) is 53.4 cm³/mol. The average molecular weight is 280 g/mol. The minimum atomic E-state index is 0.740. The maximum absolute atomic E-state index is 5.95. The quantitative estimate of drug-likeness (QED) is 0.664. The van der Waals surface area contributed by atoms with Gasteiger partial charge in [0.05, 0.1) is 11.6 Å². The Morgan fingerprint density at radius 1 is 1.45 bits per heavy atom. The van der Waals surface area contributed by atoms with Crippen molar-refractivity contribution in [3.05, 3.63) is 26.3 Å². The van der Waals surface area contributed by atoms with Crippen molar-refractivity contribution in [3.8, 4) is 5.75 Å². The van der Waals surface area contributed by atoms with Gasteiger partial charge in [0, 0.05) is 15.6 Å². The summed E-state index contributed by atoms with van der Waals surface area (Å²) in [5.41, 5.74) is 1.24. The van der Waals surface area contributed by atoms with E-state index in [2.05, 4.69) is 28.7 Å². The van der Waals surface area contributed by atoms with Gasteiger partial charge in [-0.05, 0) is 34.7 Å². The molecule has 1 aromatic carbocycles. The smallest absolute Gasteiger partial charge is 0.141 e. The van der Waals surface area contributed by atoms with E-state index in [1.807, 2.05) is 6.07 Å².